The first-order valence-electron chi connectivity index (χ1n) is 13.2. The minimum atomic E-state index is 0.289. The SMILES string of the molecule is CCCCCCCCCCC(CC(CC(C)C(C)(C)C)c1ccccc1O)C(C)(C)C. The summed E-state index contributed by atoms with van der Waals surface area (Å²) in [5.74, 6) is 2.20. The van der Waals surface area contributed by atoms with Crippen molar-refractivity contribution in [2.75, 3.05) is 0 Å². The summed E-state index contributed by atoms with van der Waals surface area (Å²) in [4.78, 5) is 0. The number of hydrogen-bond donors (Lipinski definition) is 1. The van der Waals surface area contributed by atoms with E-state index >= 15 is 0 Å². The predicted octanol–water partition coefficient (Wildman–Crippen LogP) is 10.1. The fourth-order valence-electron chi connectivity index (χ4n) is 4.74. The fraction of sp³-hybridized carbons (Fsp3) is 0.800. The van der Waals surface area contributed by atoms with Crippen LogP contribution >= 0.6 is 0 Å². The topological polar surface area (TPSA) is 20.2 Å². The summed E-state index contributed by atoms with van der Waals surface area (Å²) in [6.45, 7) is 19.0. The summed E-state index contributed by atoms with van der Waals surface area (Å²) in [6, 6.07) is 8.07. The highest BCUT2D eigenvalue weighted by molar-refractivity contribution is 5.35. The molecule has 0 aromatic heterocycles. The zero-order chi connectivity index (χ0) is 23.5. The molecule has 1 rings (SSSR count). The van der Waals surface area contributed by atoms with Crippen molar-refractivity contribution in [1.82, 2.24) is 0 Å². The molecule has 0 saturated carbocycles. The first-order chi connectivity index (χ1) is 14.5. The van der Waals surface area contributed by atoms with Crippen LogP contribution in [0.4, 0.5) is 0 Å². The Morgan fingerprint density at radius 3 is 1.81 bits per heavy atom. The van der Waals surface area contributed by atoms with Crippen LogP contribution in [-0.4, -0.2) is 5.11 Å². The van der Waals surface area contributed by atoms with Gasteiger partial charge in [0.1, 0.15) is 5.75 Å². The minimum absolute atomic E-state index is 0.289. The van der Waals surface area contributed by atoms with E-state index in [1.165, 1.54) is 64.2 Å². The number of phenolic OH excluding ortho intramolecular Hbond substituents is 1. The van der Waals surface area contributed by atoms with Gasteiger partial charge >= 0.3 is 0 Å². The van der Waals surface area contributed by atoms with Crippen molar-refractivity contribution in [3.63, 3.8) is 0 Å². The van der Waals surface area contributed by atoms with E-state index in [0.29, 0.717) is 28.9 Å². The fourth-order valence-corrected chi connectivity index (χ4v) is 4.74. The zero-order valence-corrected chi connectivity index (χ0v) is 22.3. The normalized spacial score (nSPS) is 15.6. The summed E-state index contributed by atoms with van der Waals surface area (Å²) in [5.41, 5.74) is 1.75. The Kier molecular flexibility index (Phi) is 12.3. The lowest BCUT2D eigenvalue weighted by Crippen LogP contribution is -2.26. The molecule has 0 aliphatic carbocycles. The summed E-state index contributed by atoms with van der Waals surface area (Å²) >= 11 is 0. The largest absolute Gasteiger partial charge is 0.508 e. The maximum Gasteiger partial charge on any atom is 0.119 e. The summed E-state index contributed by atoms with van der Waals surface area (Å²) in [6.07, 6.45) is 14.7. The van der Waals surface area contributed by atoms with Gasteiger partial charge in [0.15, 0.2) is 0 Å². The van der Waals surface area contributed by atoms with Crippen LogP contribution in [0, 0.1) is 22.7 Å². The van der Waals surface area contributed by atoms with Crippen molar-refractivity contribution in [2.45, 2.75) is 132 Å². The first kappa shape index (κ1) is 28.1. The van der Waals surface area contributed by atoms with Crippen LogP contribution in [0.2, 0.25) is 0 Å². The molecule has 0 aliphatic heterocycles. The number of phenols is 1. The van der Waals surface area contributed by atoms with Crippen LogP contribution in [0.5, 0.6) is 5.75 Å². The molecule has 0 saturated heterocycles. The van der Waals surface area contributed by atoms with E-state index in [1.54, 1.807) is 0 Å². The molecule has 0 heterocycles. The lowest BCUT2D eigenvalue weighted by molar-refractivity contribution is 0.169. The highest BCUT2D eigenvalue weighted by Crippen LogP contribution is 2.44. The molecule has 0 aliphatic rings. The van der Waals surface area contributed by atoms with Crippen molar-refractivity contribution in [3.05, 3.63) is 29.8 Å². The summed E-state index contributed by atoms with van der Waals surface area (Å²) in [7, 11) is 0. The van der Waals surface area contributed by atoms with Crippen molar-refractivity contribution in [2.24, 2.45) is 22.7 Å². The van der Waals surface area contributed by atoms with Crippen LogP contribution in [0.1, 0.15) is 138 Å². The van der Waals surface area contributed by atoms with E-state index in [4.69, 9.17) is 0 Å². The molecule has 1 N–H and O–H groups in total. The van der Waals surface area contributed by atoms with Gasteiger partial charge in [-0.05, 0) is 59.5 Å². The van der Waals surface area contributed by atoms with Crippen LogP contribution in [-0.2, 0) is 0 Å². The summed E-state index contributed by atoms with van der Waals surface area (Å²) in [5, 5.41) is 10.6. The summed E-state index contributed by atoms with van der Waals surface area (Å²) < 4.78 is 0. The Morgan fingerprint density at radius 1 is 0.742 bits per heavy atom. The molecule has 0 fully saturated rings. The van der Waals surface area contributed by atoms with Gasteiger partial charge in [-0.1, -0.05) is 125 Å². The van der Waals surface area contributed by atoms with E-state index in [9.17, 15) is 5.11 Å². The van der Waals surface area contributed by atoms with Gasteiger partial charge in [0.05, 0.1) is 0 Å². The first-order valence-corrected chi connectivity index (χ1v) is 13.2. The second kappa shape index (κ2) is 13.5. The Bertz CT molecular complexity index is 589. The number of unbranched alkanes of at least 4 members (excludes halogenated alkanes) is 7. The molecule has 0 radical (unpaired) electrons. The van der Waals surface area contributed by atoms with E-state index < -0.39 is 0 Å². The van der Waals surface area contributed by atoms with E-state index in [0.717, 1.165) is 12.0 Å². The van der Waals surface area contributed by atoms with Crippen molar-refractivity contribution < 1.29 is 5.11 Å². The lowest BCUT2D eigenvalue weighted by atomic mass is 9.68. The minimum Gasteiger partial charge on any atom is -0.508 e. The molecule has 0 amide bonds. The van der Waals surface area contributed by atoms with E-state index in [1.807, 2.05) is 12.1 Å². The number of hydrogen-bond acceptors (Lipinski definition) is 1. The van der Waals surface area contributed by atoms with Crippen LogP contribution in [0.15, 0.2) is 24.3 Å². The Balaban J connectivity index is 2.79. The van der Waals surface area contributed by atoms with Gasteiger partial charge in [-0.2, -0.15) is 0 Å². The molecule has 1 nitrogen and oxygen atoms in total. The number of benzene rings is 1. The smallest absolute Gasteiger partial charge is 0.119 e. The van der Waals surface area contributed by atoms with Crippen LogP contribution in [0.25, 0.3) is 0 Å². The zero-order valence-electron chi connectivity index (χ0n) is 22.3. The van der Waals surface area contributed by atoms with Gasteiger partial charge in [0.25, 0.3) is 0 Å². The second-order valence-electron chi connectivity index (χ2n) is 12.3. The maximum absolute atomic E-state index is 10.6. The molecule has 180 valence electrons. The van der Waals surface area contributed by atoms with Crippen molar-refractivity contribution >= 4 is 0 Å². The third kappa shape index (κ3) is 10.9. The van der Waals surface area contributed by atoms with Gasteiger partial charge in [-0.15, -0.1) is 0 Å². The highest BCUT2D eigenvalue weighted by atomic mass is 16.3. The Labute approximate surface area is 195 Å². The quantitative estimate of drug-likeness (QED) is 0.291. The molecule has 1 heteroatoms. The number of para-hydroxylation sites is 1. The standard InChI is InChI=1S/C30H54O/c1-9-10-11-12-13-14-15-16-19-26(30(6,7)8)23-25(22-24(2)29(3,4)5)27-20-17-18-21-28(27)31/h17-18,20-21,24-26,31H,9-16,19,22-23H2,1-8H3. The molecular weight excluding hydrogens is 376 g/mol. The Hall–Kier alpha value is -0.980. The van der Waals surface area contributed by atoms with E-state index in [-0.39, 0.29) is 5.41 Å². The average Bonchev–Trinajstić information content (AvgIpc) is 2.67. The second-order valence-corrected chi connectivity index (χ2v) is 12.3. The molecule has 3 unspecified atom stereocenters. The van der Waals surface area contributed by atoms with Gasteiger partial charge in [-0.25, -0.2) is 0 Å². The third-order valence-corrected chi connectivity index (χ3v) is 7.69. The van der Waals surface area contributed by atoms with Crippen LogP contribution in [0.3, 0.4) is 0 Å². The lowest BCUT2D eigenvalue weighted by Gasteiger charge is -2.37. The molecule has 31 heavy (non-hydrogen) atoms. The Morgan fingerprint density at radius 2 is 1.29 bits per heavy atom. The van der Waals surface area contributed by atoms with Gasteiger partial charge in [0, 0.05) is 0 Å². The molecule has 1 aromatic carbocycles. The van der Waals surface area contributed by atoms with Crippen molar-refractivity contribution in [3.8, 4) is 5.75 Å². The number of rotatable bonds is 14. The monoisotopic (exact) mass is 430 g/mol. The molecule has 0 spiro atoms. The molecular formula is C30H54O. The third-order valence-electron chi connectivity index (χ3n) is 7.69. The maximum atomic E-state index is 10.6. The molecule has 0 bridgehead atoms. The van der Waals surface area contributed by atoms with Gasteiger partial charge in [-0.3, -0.25) is 0 Å². The van der Waals surface area contributed by atoms with Gasteiger partial charge in [0.2, 0.25) is 0 Å². The molecule has 1 aromatic rings. The molecule has 3 atom stereocenters. The van der Waals surface area contributed by atoms with E-state index in [2.05, 4.69) is 67.5 Å². The van der Waals surface area contributed by atoms with Gasteiger partial charge < -0.3 is 5.11 Å². The number of aromatic hydroxyl groups is 1. The average molecular weight is 431 g/mol. The highest BCUT2D eigenvalue weighted by Gasteiger charge is 2.31. The van der Waals surface area contributed by atoms with Crippen molar-refractivity contribution in [1.29, 1.82) is 0 Å². The van der Waals surface area contributed by atoms with Crippen LogP contribution < -0.4 is 0 Å². The predicted molar refractivity (Wildman–Crippen MR) is 139 cm³/mol.